The van der Waals surface area contributed by atoms with Gasteiger partial charge < -0.3 is 8.94 Å². The number of rotatable bonds is 1. The Morgan fingerprint density at radius 1 is 1.50 bits per heavy atom. The molecule has 0 aliphatic rings. The minimum Gasteiger partial charge on any atom is -0.461 e. The van der Waals surface area contributed by atoms with Crippen molar-refractivity contribution < 1.29 is 8.94 Å². The van der Waals surface area contributed by atoms with E-state index in [1.54, 1.807) is 6.26 Å². The lowest BCUT2D eigenvalue weighted by Crippen LogP contribution is -1.83. The van der Waals surface area contributed by atoms with Crippen molar-refractivity contribution in [2.45, 2.75) is 0 Å². The molecule has 0 saturated carbocycles. The van der Waals surface area contributed by atoms with E-state index >= 15 is 0 Å². The number of hydrogen-bond donors (Lipinski definition) is 0. The second-order valence-corrected chi connectivity index (χ2v) is 3.15. The van der Waals surface area contributed by atoms with E-state index in [-0.39, 0.29) is 0 Å². The predicted molar refractivity (Wildman–Crippen MR) is 49.8 cm³/mol. The van der Waals surface area contributed by atoms with E-state index in [0.717, 1.165) is 4.47 Å². The Labute approximate surface area is 78.7 Å². The number of fused-ring (bicyclic) bond motifs is 1. The first kappa shape index (κ1) is 7.95. The van der Waals surface area contributed by atoms with Crippen LogP contribution in [0, 0.1) is 0 Å². The molecule has 0 bridgehead atoms. The fourth-order valence-corrected chi connectivity index (χ4v) is 1.43. The molecule has 0 spiro atoms. The van der Waals surface area contributed by atoms with Crippen molar-refractivity contribution in [2.75, 3.05) is 0 Å². The van der Waals surface area contributed by atoms with Crippen LogP contribution in [0.4, 0.5) is 0 Å². The van der Waals surface area contributed by atoms with Crippen LogP contribution in [0.5, 0.6) is 5.88 Å². The molecule has 2 aromatic rings. The lowest BCUT2D eigenvalue weighted by atomic mass is 10.5. The van der Waals surface area contributed by atoms with Crippen molar-refractivity contribution in [3.05, 3.63) is 17.1 Å². The standard InChI is InChI=1S/C6H4BrN2O2P/c7-3-1-10-5-4(3)8-2-9-6(5)11-12/h1-2H,12H2. The van der Waals surface area contributed by atoms with Crippen LogP contribution in [0.15, 0.2) is 21.5 Å². The Morgan fingerprint density at radius 2 is 2.33 bits per heavy atom. The van der Waals surface area contributed by atoms with Crippen LogP contribution in [0.25, 0.3) is 11.1 Å². The second-order valence-electron chi connectivity index (χ2n) is 2.06. The Hall–Kier alpha value is -0.670. The van der Waals surface area contributed by atoms with Crippen LogP contribution in [0.2, 0.25) is 0 Å². The van der Waals surface area contributed by atoms with E-state index in [1.807, 2.05) is 0 Å². The molecule has 0 fully saturated rings. The molecule has 2 heterocycles. The predicted octanol–water partition coefficient (Wildman–Crippen LogP) is 2.15. The molecule has 0 aliphatic heterocycles. The van der Waals surface area contributed by atoms with Gasteiger partial charge in [-0.05, 0) is 15.9 Å². The maximum Gasteiger partial charge on any atom is 0.263 e. The molecule has 12 heavy (non-hydrogen) atoms. The summed E-state index contributed by atoms with van der Waals surface area (Å²) in [6.07, 6.45) is 2.97. The van der Waals surface area contributed by atoms with Gasteiger partial charge in [0.05, 0.1) is 13.9 Å². The number of nitrogens with zero attached hydrogens (tertiary/aromatic N) is 2. The fourth-order valence-electron chi connectivity index (χ4n) is 0.884. The molecule has 62 valence electrons. The topological polar surface area (TPSA) is 48.2 Å². The van der Waals surface area contributed by atoms with E-state index in [1.165, 1.54) is 6.33 Å². The fraction of sp³-hybridized carbons (Fsp3) is 0. The van der Waals surface area contributed by atoms with E-state index in [2.05, 4.69) is 35.4 Å². The van der Waals surface area contributed by atoms with Crippen molar-refractivity contribution in [3.63, 3.8) is 0 Å². The van der Waals surface area contributed by atoms with Crippen LogP contribution in [-0.4, -0.2) is 9.97 Å². The first-order valence-corrected chi connectivity index (χ1v) is 4.34. The Morgan fingerprint density at radius 3 is 3.08 bits per heavy atom. The third-order valence-electron chi connectivity index (χ3n) is 1.39. The maximum atomic E-state index is 5.16. The van der Waals surface area contributed by atoms with Crippen LogP contribution in [-0.2, 0) is 0 Å². The van der Waals surface area contributed by atoms with Crippen molar-refractivity contribution in [1.29, 1.82) is 0 Å². The first-order valence-electron chi connectivity index (χ1n) is 3.07. The minimum atomic E-state index is 0.413. The molecule has 2 rings (SSSR count). The van der Waals surface area contributed by atoms with Gasteiger partial charge in [-0.3, -0.25) is 0 Å². The summed E-state index contributed by atoms with van der Waals surface area (Å²) in [5.41, 5.74) is 1.25. The monoisotopic (exact) mass is 246 g/mol. The van der Waals surface area contributed by atoms with E-state index in [9.17, 15) is 0 Å². The lowest BCUT2D eigenvalue weighted by Gasteiger charge is -1.95. The molecule has 0 radical (unpaired) electrons. The first-order chi connectivity index (χ1) is 5.83. The normalized spacial score (nSPS) is 10.5. The summed E-state index contributed by atoms with van der Waals surface area (Å²) < 4.78 is 10.8. The van der Waals surface area contributed by atoms with Gasteiger partial charge in [-0.2, -0.15) is 4.98 Å². The highest BCUT2D eigenvalue weighted by Crippen LogP contribution is 2.29. The Balaban J connectivity index is 2.81. The minimum absolute atomic E-state index is 0.413. The van der Waals surface area contributed by atoms with Gasteiger partial charge in [-0.25, -0.2) is 4.98 Å². The number of halogens is 1. The average Bonchev–Trinajstić information content (AvgIpc) is 2.48. The van der Waals surface area contributed by atoms with E-state index in [4.69, 9.17) is 8.94 Å². The largest absolute Gasteiger partial charge is 0.461 e. The number of aromatic nitrogens is 2. The van der Waals surface area contributed by atoms with Gasteiger partial charge in [0.25, 0.3) is 5.88 Å². The molecule has 0 amide bonds. The number of furan rings is 1. The highest BCUT2D eigenvalue weighted by atomic mass is 79.9. The molecule has 0 aliphatic carbocycles. The molecular formula is C6H4BrN2O2P. The van der Waals surface area contributed by atoms with Crippen LogP contribution in [0.1, 0.15) is 0 Å². The van der Waals surface area contributed by atoms with Gasteiger partial charge >= 0.3 is 0 Å². The molecule has 4 nitrogen and oxygen atoms in total. The van der Waals surface area contributed by atoms with Gasteiger partial charge in [0.15, 0.2) is 0 Å². The third kappa shape index (κ3) is 1.09. The summed E-state index contributed by atoms with van der Waals surface area (Å²) in [5, 5.41) is 0. The highest BCUT2D eigenvalue weighted by molar-refractivity contribution is 9.10. The van der Waals surface area contributed by atoms with Crippen LogP contribution < -0.4 is 4.52 Å². The van der Waals surface area contributed by atoms with Gasteiger partial charge in [0, 0.05) is 0 Å². The van der Waals surface area contributed by atoms with Gasteiger partial charge in [-0.1, -0.05) is 0 Å². The van der Waals surface area contributed by atoms with E-state index < -0.39 is 0 Å². The summed E-state index contributed by atoms with van der Waals surface area (Å²) in [4.78, 5) is 7.88. The smallest absolute Gasteiger partial charge is 0.263 e. The Bertz CT molecular complexity index is 417. The van der Waals surface area contributed by atoms with E-state index in [0.29, 0.717) is 17.0 Å². The van der Waals surface area contributed by atoms with Gasteiger partial charge in [0.2, 0.25) is 5.58 Å². The molecule has 6 heteroatoms. The molecular weight excluding hydrogens is 243 g/mol. The van der Waals surface area contributed by atoms with Gasteiger partial charge in [0.1, 0.15) is 18.1 Å². The summed E-state index contributed by atoms with van der Waals surface area (Å²) in [6.45, 7) is 0. The zero-order valence-corrected chi connectivity index (χ0v) is 8.56. The molecule has 0 N–H and O–H groups in total. The summed E-state index contributed by atoms with van der Waals surface area (Å²) >= 11 is 3.28. The average molecular weight is 247 g/mol. The molecule has 0 saturated heterocycles. The lowest BCUT2D eigenvalue weighted by molar-refractivity contribution is 0.561. The van der Waals surface area contributed by atoms with Crippen LogP contribution in [0.3, 0.4) is 0 Å². The highest BCUT2D eigenvalue weighted by Gasteiger charge is 2.10. The Kier molecular flexibility index (Phi) is 1.98. The van der Waals surface area contributed by atoms with Crippen molar-refractivity contribution >= 4 is 36.5 Å². The van der Waals surface area contributed by atoms with Gasteiger partial charge in [-0.15, -0.1) is 0 Å². The molecule has 2 aromatic heterocycles. The summed E-state index contributed by atoms with van der Waals surface area (Å²) in [6, 6.07) is 0. The third-order valence-corrected chi connectivity index (χ3v) is 2.17. The zero-order valence-electron chi connectivity index (χ0n) is 5.82. The van der Waals surface area contributed by atoms with Crippen molar-refractivity contribution in [1.82, 2.24) is 9.97 Å². The summed E-state index contributed by atoms with van der Waals surface area (Å²) in [5.74, 6) is 0.413. The summed E-state index contributed by atoms with van der Waals surface area (Å²) in [7, 11) is 2.11. The molecule has 0 aromatic carbocycles. The maximum absolute atomic E-state index is 5.16. The second kappa shape index (κ2) is 2.99. The zero-order chi connectivity index (χ0) is 8.55. The molecule has 1 unspecified atom stereocenters. The van der Waals surface area contributed by atoms with Crippen molar-refractivity contribution in [2.24, 2.45) is 0 Å². The SMILES string of the molecule is POc1ncnc2c(Br)coc12. The molecule has 1 atom stereocenters. The number of hydrogen-bond acceptors (Lipinski definition) is 4. The van der Waals surface area contributed by atoms with Crippen LogP contribution >= 0.6 is 25.4 Å². The quantitative estimate of drug-likeness (QED) is 0.724. The van der Waals surface area contributed by atoms with Crippen molar-refractivity contribution in [3.8, 4) is 5.88 Å².